The highest BCUT2D eigenvalue weighted by molar-refractivity contribution is 7.80. The third kappa shape index (κ3) is 5.36. The molecule has 1 atom stereocenters. The fourth-order valence-electron chi connectivity index (χ4n) is 4.06. The Morgan fingerprint density at radius 2 is 1.94 bits per heavy atom. The quantitative estimate of drug-likeness (QED) is 0.317. The van der Waals surface area contributed by atoms with E-state index in [2.05, 4.69) is 39.7 Å². The first-order valence-electron chi connectivity index (χ1n) is 11.5. The van der Waals surface area contributed by atoms with E-state index in [0.717, 1.165) is 28.8 Å². The van der Waals surface area contributed by atoms with Gasteiger partial charge in [0.1, 0.15) is 0 Å². The standard InChI is InChI=1S/C26H29FN4O3S/c1-5-33-14-6-13-31-17(3)22(23(28-26(31)35)18-9-7-16(2)8-10-18)25-29-24(30-34-25)19-11-12-21(32-4)20(27)15-19/h7-12,15,23H,5-6,13-14H2,1-4H3,(H,28,35). The maximum absolute atomic E-state index is 14.3. The van der Waals surface area contributed by atoms with E-state index in [9.17, 15) is 4.39 Å². The van der Waals surface area contributed by atoms with Crippen molar-refractivity contribution in [1.82, 2.24) is 20.4 Å². The van der Waals surface area contributed by atoms with E-state index in [4.69, 9.17) is 26.2 Å². The van der Waals surface area contributed by atoms with E-state index in [1.807, 2.05) is 25.7 Å². The Morgan fingerprint density at radius 3 is 2.63 bits per heavy atom. The molecule has 4 rings (SSSR count). The molecule has 0 bridgehead atoms. The van der Waals surface area contributed by atoms with Crippen LogP contribution in [0.4, 0.5) is 4.39 Å². The maximum Gasteiger partial charge on any atom is 0.258 e. The average Bonchev–Trinajstić information content (AvgIpc) is 3.33. The van der Waals surface area contributed by atoms with E-state index in [1.54, 1.807) is 12.1 Å². The molecule has 1 aromatic heterocycles. The first-order chi connectivity index (χ1) is 16.9. The second-order valence-corrected chi connectivity index (χ2v) is 8.65. The fourth-order valence-corrected chi connectivity index (χ4v) is 4.41. The molecule has 0 radical (unpaired) electrons. The normalized spacial score (nSPS) is 16.0. The van der Waals surface area contributed by atoms with E-state index in [0.29, 0.717) is 42.1 Å². The van der Waals surface area contributed by atoms with Gasteiger partial charge in [-0.2, -0.15) is 4.98 Å². The SMILES string of the molecule is CCOCCCN1C(=S)NC(c2ccc(C)cc2)C(c2nc(-c3ccc(OC)c(F)c3)no2)=C1C. The smallest absolute Gasteiger partial charge is 0.258 e. The average molecular weight is 497 g/mol. The van der Waals surface area contributed by atoms with Crippen LogP contribution in [0, 0.1) is 12.7 Å². The van der Waals surface area contributed by atoms with E-state index in [1.165, 1.54) is 13.2 Å². The van der Waals surface area contributed by atoms with Gasteiger partial charge in [0.15, 0.2) is 16.7 Å². The van der Waals surface area contributed by atoms with Gasteiger partial charge in [0.2, 0.25) is 5.82 Å². The lowest BCUT2D eigenvalue weighted by molar-refractivity contribution is 0.141. The van der Waals surface area contributed by atoms with Crippen molar-refractivity contribution in [3.8, 4) is 17.1 Å². The molecular formula is C26H29FN4O3S. The number of benzene rings is 2. The van der Waals surface area contributed by atoms with Crippen LogP contribution in [0.3, 0.4) is 0 Å². The van der Waals surface area contributed by atoms with Crippen molar-refractivity contribution < 1.29 is 18.4 Å². The molecule has 184 valence electrons. The molecule has 9 heteroatoms. The molecule has 1 aliphatic rings. The molecule has 3 aromatic rings. The first-order valence-corrected chi connectivity index (χ1v) is 11.9. The lowest BCUT2D eigenvalue weighted by atomic mass is 9.94. The van der Waals surface area contributed by atoms with Crippen LogP contribution in [0.15, 0.2) is 52.7 Å². The summed E-state index contributed by atoms with van der Waals surface area (Å²) in [5.41, 5.74) is 4.43. The van der Waals surface area contributed by atoms with Crippen LogP contribution in [0.1, 0.15) is 43.3 Å². The number of aromatic nitrogens is 2. The molecule has 35 heavy (non-hydrogen) atoms. The predicted molar refractivity (Wildman–Crippen MR) is 136 cm³/mol. The summed E-state index contributed by atoms with van der Waals surface area (Å²) in [7, 11) is 1.42. The fraction of sp³-hybridized carbons (Fsp3) is 0.346. The zero-order valence-electron chi connectivity index (χ0n) is 20.3. The highest BCUT2D eigenvalue weighted by atomic mass is 32.1. The van der Waals surface area contributed by atoms with Crippen LogP contribution in [-0.2, 0) is 4.74 Å². The van der Waals surface area contributed by atoms with Gasteiger partial charge >= 0.3 is 0 Å². The minimum atomic E-state index is -0.491. The molecule has 1 unspecified atom stereocenters. The zero-order chi connectivity index (χ0) is 24.9. The van der Waals surface area contributed by atoms with Gasteiger partial charge in [-0.05, 0) is 63.2 Å². The van der Waals surface area contributed by atoms with Crippen LogP contribution in [0.2, 0.25) is 0 Å². The number of rotatable bonds is 9. The number of aryl methyl sites for hydroxylation is 1. The lowest BCUT2D eigenvalue weighted by Gasteiger charge is -2.37. The van der Waals surface area contributed by atoms with Gasteiger partial charge in [-0.1, -0.05) is 35.0 Å². The van der Waals surface area contributed by atoms with Crippen LogP contribution >= 0.6 is 12.2 Å². The van der Waals surface area contributed by atoms with Crippen LogP contribution in [0.25, 0.3) is 17.0 Å². The Balaban J connectivity index is 1.73. The van der Waals surface area contributed by atoms with Crippen LogP contribution < -0.4 is 10.1 Å². The summed E-state index contributed by atoms with van der Waals surface area (Å²) in [6, 6.07) is 12.5. The number of methoxy groups -OCH3 is 1. The van der Waals surface area contributed by atoms with Gasteiger partial charge < -0.3 is 24.2 Å². The largest absolute Gasteiger partial charge is 0.494 e. The number of allylic oxidation sites excluding steroid dienone is 1. The van der Waals surface area contributed by atoms with E-state index in [-0.39, 0.29) is 11.8 Å². The van der Waals surface area contributed by atoms with Crippen molar-refractivity contribution in [1.29, 1.82) is 0 Å². The Morgan fingerprint density at radius 1 is 1.17 bits per heavy atom. The summed E-state index contributed by atoms with van der Waals surface area (Å²) in [4.78, 5) is 6.67. The predicted octanol–water partition coefficient (Wildman–Crippen LogP) is 5.28. The van der Waals surface area contributed by atoms with Gasteiger partial charge in [-0.25, -0.2) is 4.39 Å². The van der Waals surface area contributed by atoms with Crippen LogP contribution in [-0.4, -0.2) is 47.0 Å². The molecule has 0 amide bonds. The molecular weight excluding hydrogens is 467 g/mol. The number of halogens is 1. The van der Waals surface area contributed by atoms with E-state index < -0.39 is 5.82 Å². The molecule has 7 nitrogen and oxygen atoms in total. The van der Waals surface area contributed by atoms with Gasteiger partial charge in [0.25, 0.3) is 5.89 Å². The second-order valence-electron chi connectivity index (χ2n) is 8.27. The minimum absolute atomic E-state index is 0.156. The summed E-state index contributed by atoms with van der Waals surface area (Å²) >= 11 is 5.73. The van der Waals surface area contributed by atoms with E-state index >= 15 is 0 Å². The summed E-state index contributed by atoms with van der Waals surface area (Å²) < 4.78 is 30.5. The molecule has 1 N–H and O–H groups in total. The molecule has 1 aliphatic heterocycles. The number of hydrogen-bond acceptors (Lipinski definition) is 6. The Bertz CT molecular complexity index is 1230. The van der Waals surface area contributed by atoms with Crippen molar-refractivity contribution >= 4 is 22.9 Å². The summed E-state index contributed by atoms with van der Waals surface area (Å²) in [6.07, 6.45) is 0.815. The molecule has 0 spiro atoms. The number of thiocarbonyl (C=S) groups is 1. The molecule has 0 aliphatic carbocycles. The number of hydrogen-bond donors (Lipinski definition) is 1. The van der Waals surface area contributed by atoms with Crippen molar-refractivity contribution in [2.75, 3.05) is 26.9 Å². The zero-order valence-corrected chi connectivity index (χ0v) is 21.1. The number of ether oxygens (including phenoxy) is 2. The maximum atomic E-state index is 14.3. The molecule has 0 saturated heterocycles. The molecule has 0 fully saturated rings. The molecule has 0 saturated carbocycles. The summed E-state index contributed by atoms with van der Waals surface area (Å²) in [6.45, 7) is 8.03. The molecule has 2 aromatic carbocycles. The monoisotopic (exact) mass is 496 g/mol. The summed E-state index contributed by atoms with van der Waals surface area (Å²) in [5.74, 6) is 0.308. The Kier molecular flexibility index (Phi) is 7.77. The topological polar surface area (TPSA) is 72.7 Å². The van der Waals surface area contributed by atoms with Gasteiger partial charge in [0.05, 0.1) is 18.7 Å². The van der Waals surface area contributed by atoms with Gasteiger partial charge in [-0.15, -0.1) is 0 Å². The Labute approximate surface area is 209 Å². The third-order valence-corrected chi connectivity index (χ3v) is 6.29. The van der Waals surface area contributed by atoms with Gasteiger partial charge in [0, 0.05) is 31.0 Å². The third-order valence-electron chi connectivity index (χ3n) is 5.95. The van der Waals surface area contributed by atoms with Crippen molar-refractivity contribution in [3.63, 3.8) is 0 Å². The molecule has 2 heterocycles. The first kappa shape index (κ1) is 24.8. The van der Waals surface area contributed by atoms with Gasteiger partial charge in [-0.3, -0.25) is 0 Å². The minimum Gasteiger partial charge on any atom is -0.494 e. The summed E-state index contributed by atoms with van der Waals surface area (Å²) in [5, 5.41) is 8.22. The van der Waals surface area contributed by atoms with Crippen molar-refractivity contribution in [2.45, 2.75) is 33.2 Å². The van der Waals surface area contributed by atoms with Crippen molar-refractivity contribution in [3.05, 3.63) is 71.0 Å². The van der Waals surface area contributed by atoms with Crippen molar-refractivity contribution in [2.24, 2.45) is 0 Å². The highest BCUT2D eigenvalue weighted by Gasteiger charge is 2.34. The Hall–Kier alpha value is -3.30. The highest BCUT2D eigenvalue weighted by Crippen LogP contribution is 2.37. The lowest BCUT2D eigenvalue weighted by Crippen LogP contribution is -2.46. The van der Waals surface area contributed by atoms with Crippen LogP contribution in [0.5, 0.6) is 5.75 Å². The second kappa shape index (κ2) is 11.0. The number of nitrogens with one attached hydrogen (secondary N) is 1. The number of nitrogens with zero attached hydrogens (tertiary/aromatic N) is 3.